The number of halogens is 1. The van der Waals surface area contributed by atoms with Crippen LogP contribution >= 0.6 is 23.4 Å². The molecule has 2 aromatic carbocycles. The first-order chi connectivity index (χ1) is 10.4. The largest absolute Gasteiger partial charge is 0.276 e. The predicted molar refractivity (Wildman–Crippen MR) is 89.2 cm³/mol. The number of carbonyl (C=O) groups excluding carboxylic acids is 1. The third-order valence-electron chi connectivity index (χ3n) is 3.48. The second-order valence-electron chi connectivity index (χ2n) is 4.77. The Balaban J connectivity index is 2.30. The Morgan fingerprint density at radius 1 is 1.00 bits per heavy atom. The number of rotatable bonds is 2. The van der Waals surface area contributed by atoms with E-state index in [1.165, 1.54) is 12.1 Å². The molecule has 0 spiro atoms. The van der Waals surface area contributed by atoms with Gasteiger partial charge in [0, 0.05) is 10.5 Å². The molecule has 6 heteroatoms. The number of thioether (sulfide) groups is 1. The van der Waals surface area contributed by atoms with E-state index < -0.39 is 15.1 Å². The lowest BCUT2D eigenvalue weighted by Gasteiger charge is -2.09. The van der Waals surface area contributed by atoms with Crippen molar-refractivity contribution in [2.75, 3.05) is 6.26 Å². The number of benzene rings is 2. The van der Waals surface area contributed by atoms with Crippen LogP contribution in [0.5, 0.6) is 0 Å². The monoisotopic (exact) mass is 350 g/mol. The summed E-state index contributed by atoms with van der Waals surface area (Å²) >= 11 is 7.01. The Hall–Kier alpha value is -1.56. The van der Waals surface area contributed by atoms with Crippen LogP contribution in [0.3, 0.4) is 0 Å². The van der Waals surface area contributed by atoms with Crippen LogP contribution in [0.4, 0.5) is 0 Å². The van der Waals surface area contributed by atoms with Gasteiger partial charge >= 0.3 is 0 Å². The number of hydrogen-bond acceptors (Lipinski definition) is 4. The summed E-state index contributed by atoms with van der Waals surface area (Å²) in [7, 11) is -3.70. The highest BCUT2D eigenvalue weighted by Crippen LogP contribution is 2.34. The predicted octanol–water partition coefficient (Wildman–Crippen LogP) is 4.10. The maximum absolute atomic E-state index is 12.9. The molecular weight excluding hydrogens is 340 g/mol. The van der Waals surface area contributed by atoms with Crippen molar-refractivity contribution in [3.05, 3.63) is 53.1 Å². The highest BCUT2D eigenvalue weighted by molar-refractivity contribution is 7.98. The molecule has 0 atom stereocenters. The maximum atomic E-state index is 12.9. The van der Waals surface area contributed by atoms with E-state index in [-0.39, 0.29) is 15.4 Å². The molecule has 1 aliphatic rings. The summed E-state index contributed by atoms with van der Waals surface area (Å²) in [5.74, 6) is 0. The highest BCUT2D eigenvalue weighted by atomic mass is 35.5. The zero-order valence-corrected chi connectivity index (χ0v) is 13.9. The van der Waals surface area contributed by atoms with Crippen LogP contribution in [-0.2, 0) is 9.84 Å². The molecule has 0 radical (unpaired) electrons. The summed E-state index contributed by atoms with van der Waals surface area (Å²) in [6.07, 6.45) is 5.45. The SMILES string of the molecule is CSc1ccc2c(c1)C=Cc1ccc(C(=O)Cl)cc1S2(=O)=O. The van der Waals surface area contributed by atoms with Gasteiger partial charge in [-0.05, 0) is 59.3 Å². The van der Waals surface area contributed by atoms with Crippen LogP contribution in [0.1, 0.15) is 21.5 Å². The van der Waals surface area contributed by atoms with Gasteiger partial charge in [-0.15, -0.1) is 11.8 Å². The van der Waals surface area contributed by atoms with Crippen molar-refractivity contribution in [2.24, 2.45) is 0 Å². The van der Waals surface area contributed by atoms with Crippen molar-refractivity contribution in [3.63, 3.8) is 0 Å². The lowest BCUT2D eigenvalue weighted by Crippen LogP contribution is -2.06. The topological polar surface area (TPSA) is 51.2 Å². The summed E-state index contributed by atoms with van der Waals surface area (Å²) in [5, 5.41) is -0.677. The van der Waals surface area contributed by atoms with E-state index in [1.807, 2.05) is 12.3 Å². The van der Waals surface area contributed by atoms with Crippen LogP contribution in [0, 0.1) is 0 Å². The first kappa shape index (κ1) is 15.3. The van der Waals surface area contributed by atoms with Gasteiger partial charge in [-0.3, -0.25) is 4.79 Å². The number of hydrogen-bond donors (Lipinski definition) is 0. The molecular formula is C16H11ClO3S2. The van der Waals surface area contributed by atoms with Gasteiger partial charge in [0.15, 0.2) is 0 Å². The van der Waals surface area contributed by atoms with E-state index >= 15 is 0 Å². The molecule has 0 amide bonds. The van der Waals surface area contributed by atoms with E-state index in [0.29, 0.717) is 11.1 Å². The normalized spacial score (nSPS) is 14.8. The number of sulfone groups is 1. The Kier molecular flexibility index (Phi) is 3.89. The zero-order chi connectivity index (χ0) is 15.9. The molecule has 0 fully saturated rings. The van der Waals surface area contributed by atoms with Crippen molar-refractivity contribution >= 4 is 50.6 Å². The molecule has 1 heterocycles. The lowest BCUT2D eigenvalue weighted by molar-refractivity contribution is 0.108. The molecule has 0 N–H and O–H groups in total. The molecule has 0 unspecified atom stereocenters. The molecule has 2 aromatic rings. The quantitative estimate of drug-likeness (QED) is 0.515. The molecule has 0 bridgehead atoms. The molecule has 22 heavy (non-hydrogen) atoms. The fraction of sp³-hybridized carbons (Fsp3) is 0.0625. The average Bonchev–Trinajstić information content (AvgIpc) is 2.62. The molecule has 112 valence electrons. The lowest BCUT2D eigenvalue weighted by atomic mass is 10.1. The maximum Gasteiger partial charge on any atom is 0.252 e. The van der Waals surface area contributed by atoms with Crippen LogP contribution in [0.25, 0.3) is 12.2 Å². The van der Waals surface area contributed by atoms with E-state index in [4.69, 9.17) is 11.6 Å². The molecule has 0 saturated heterocycles. The minimum absolute atomic E-state index is 0.103. The molecule has 3 nitrogen and oxygen atoms in total. The first-order valence-corrected chi connectivity index (χ1v) is 9.47. The Morgan fingerprint density at radius 3 is 2.41 bits per heavy atom. The summed E-state index contributed by atoms with van der Waals surface area (Å²) in [6.45, 7) is 0. The molecule has 0 aromatic heterocycles. The smallest absolute Gasteiger partial charge is 0.252 e. The van der Waals surface area contributed by atoms with Gasteiger partial charge < -0.3 is 0 Å². The summed E-state index contributed by atoms with van der Waals surface area (Å²) in [5.41, 5.74) is 1.35. The van der Waals surface area contributed by atoms with Gasteiger partial charge in [-0.1, -0.05) is 18.2 Å². The summed E-state index contributed by atoms with van der Waals surface area (Å²) < 4.78 is 25.8. The van der Waals surface area contributed by atoms with E-state index in [1.54, 1.807) is 42.1 Å². The van der Waals surface area contributed by atoms with Gasteiger partial charge in [0.25, 0.3) is 5.24 Å². The van der Waals surface area contributed by atoms with E-state index in [2.05, 4.69) is 0 Å². The first-order valence-electron chi connectivity index (χ1n) is 6.38. The third kappa shape index (κ3) is 2.49. The van der Waals surface area contributed by atoms with Crippen molar-refractivity contribution in [1.29, 1.82) is 0 Å². The van der Waals surface area contributed by atoms with Gasteiger partial charge in [-0.25, -0.2) is 8.42 Å². The second-order valence-corrected chi connectivity index (χ2v) is 7.88. The average molecular weight is 351 g/mol. The van der Waals surface area contributed by atoms with Crippen LogP contribution in [-0.4, -0.2) is 19.9 Å². The van der Waals surface area contributed by atoms with Gasteiger partial charge in [0.2, 0.25) is 9.84 Å². The van der Waals surface area contributed by atoms with Crippen LogP contribution < -0.4 is 0 Å². The molecule has 0 saturated carbocycles. The third-order valence-corrected chi connectivity index (χ3v) is 6.31. The Morgan fingerprint density at radius 2 is 1.73 bits per heavy atom. The zero-order valence-electron chi connectivity index (χ0n) is 11.5. The van der Waals surface area contributed by atoms with E-state index in [9.17, 15) is 13.2 Å². The highest BCUT2D eigenvalue weighted by Gasteiger charge is 2.26. The summed E-state index contributed by atoms with van der Waals surface area (Å²) in [4.78, 5) is 12.6. The van der Waals surface area contributed by atoms with E-state index in [0.717, 1.165) is 4.90 Å². The fourth-order valence-electron chi connectivity index (χ4n) is 2.35. The van der Waals surface area contributed by atoms with Crippen molar-refractivity contribution in [2.45, 2.75) is 14.7 Å². The Bertz CT molecular complexity index is 915. The number of carbonyl (C=O) groups is 1. The van der Waals surface area contributed by atoms with Crippen molar-refractivity contribution < 1.29 is 13.2 Å². The van der Waals surface area contributed by atoms with Gasteiger partial charge in [0.05, 0.1) is 9.79 Å². The minimum Gasteiger partial charge on any atom is -0.276 e. The van der Waals surface area contributed by atoms with Crippen LogP contribution in [0.15, 0.2) is 51.1 Å². The molecule has 3 rings (SSSR count). The number of fused-ring (bicyclic) bond motifs is 2. The minimum atomic E-state index is -3.70. The van der Waals surface area contributed by atoms with Crippen molar-refractivity contribution in [3.8, 4) is 0 Å². The van der Waals surface area contributed by atoms with Crippen LogP contribution in [0.2, 0.25) is 0 Å². The second kappa shape index (κ2) is 5.57. The van der Waals surface area contributed by atoms with Gasteiger partial charge in [0.1, 0.15) is 0 Å². The molecule has 1 aliphatic heterocycles. The molecule has 0 aliphatic carbocycles. The van der Waals surface area contributed by atoms with Gasteiger partial charge in [-0.2, -0.15) is 0 Å². The Labute approximate surface area is 137 Å². The standard InChI is InChI=1S/C16H11ClO3S2/c1-21-13-6-7-14-11(8-13)4-2-10-3-5-12(16(17)18)9-15(10)22(14,19)20/h2-9H,1H3. The van der Waals surface area contributed by atoms with Crippen molar-refractivity contribution in [1.82, 2.24) is 0 Å². The summed E-state index contributed by atoms with van der Waals surface area (Å²) in [6, 6.07) is 9.68. The fourth-order valence-corrected chi connectivity index (χ4v) is 4.57.